The van der Waals surface area contributed by atoms with Crippen LogP contribution in [0.1, 0.15) is 24.3 Å². The molecule has 0 aliphatic heterocycles. The second-order valence-electron chi connectivity index (χ2n) is 6.09. The van der Waals surface area contributed by atoms with E-state index in [1.165, 1.54) is 19.2 Å². The van der Waals surface area contributed by atoms with Crippen LogP contribution in [0.25, 0.3) is 11.0 Å². The second-order valence-corrected chi connectivity index (χ2v) is 8.06. The maximum Gasteiger partial charge on any atom is 0.270 e. The first-order chi connectivity index (χ1) is 12.2. The first kappa shape index (κ1) is 18.1. The number of sulfonamides is 1. The van der Waals surface area contributed by atoms with Gasteiger partial charge in [0.25, 0.3) is 5.69 Å². The van der Waals surface area contributed by atoms with Gasteiger partial charge in [0.05, 0.1) is 15.9 Å². The van der Waals surface area contributed by atoms with Crippen molar-refractivity contribution in [1.29, 1.82) is 0 Å². The Morgan fingerprint density at radius 3 is 2.50 bits per heavy atom. The fourth-order valence-electron chi connectivity index (χ4n) is 2.73. The number of benzene rings is 2. The van der Waals surface area contributed by atoms with E-state index in [-0.39, 0.29) is 10.6 Å². The van der Waals surface area contributed by atoms with E-state index in [0.29, 0.717) is 16.9 Å². The minimum absolute atomic E-state index is 0.0860. The number of hydrogen-bond donors (Lipinski definition) is 0. The Morgan fingerprint density at radius 2 is 1.85 bits per heavy atom. The summed E-state index contributed by atoms with van der Waals surface area (Å²) >= 11 is 0. The number of nitro groups is 1. The monoisotopic (exact) mass is 374 g/mol. The van der Waals surface area contributed by atoms with Gasteiger partial charge in [-0.3, -0.25) is 10.1 Å². The molecule has 0 saturated carbocycles. The summed E-state index contributed by atoms with van der Waals surface area (Å²) in [5, 5.41) is 11.9. The number of nitro benzene ring substituents is 1. The number of furan rings is 1. The number of para-hydroxylation sites is 1. The fraction of sp³-hybridized carbons (Fsp3) is 0.222. The molecule has 3 rings (SSSR count). The lowest BCUT2D eigenvalue weighted by Gasteiger charge is -2.23. The Kier molecular flexibility index (Phi) is 4.55. The number of aryl methyl sites for hydroxylation is 1. The highest BCUT2D eigenvalue weighted by molar-refractivity contribution is 7.89. The van der Waals surface area contributed by atoms with E-state index in [0.717, 1.165) is 15.8 Å². The van der Waals surface area contributed by atoms with Crippen molar-refractivity contribution < 1.29 is 17.8 Å². The lowest BCUT2D eigenvalue weighted by molar-refractivity contribution is -0.385. The molecular weight excluding hydrogens is 356 g/mol. The average Bonchev–Trinajstić information content (AvgIpc) is 3.04. The molecule has 26 heavy (non-hydrogen) atoms. The van der Waals surface area contributed by atoms with Crippen molar-refractivity contribution >= 4 is 26.7 Å². The molecule has 0 amide bonds. The largest absolute Gasteiger partial charge is 0.459 e. The summed E-state index contributed by atoms with van der Waals surface area (Å²) in [6, 6.07) is 12.4. The standard InChI is InChI=1S/C18H18N2O5S/c1-12-8-9-15(20(21)22)11-18(12)26(23,24)19(3)13(2)17-10-14-6-4-5-7-16(14)25-17/h4-11,13H,1-3H3. The van der Waals surface area contributed by atoms with E-state index in [4.69, 9.17) is 4.42 Å². The molecule has 0 fully saturated rings. The van der Waals surface area contributed by atoms with E-state index in [9.17, 15) is 18.5 Å². The SMILES string of the molecule is Cc1ccc([N+](=O)[O-])cc1S(=O)(=O)N(C)C(C)c1cc2ccccc2o1. The fourth-order valence-corrected chi connectivity index (χ4v) is 4.31. The van der Waals surface area contributed by atoms with Gasteiger partial charge >= 0.3 is 0 Å². The first-order valence-corrected chi connectivity index (χ1v) is 9.37. The molecule has 0 aliphatic carbocycles. The van der Waals surface area contributed by atoms with Crippen LogP contribution in [0.3, 0.4) is 0 Å². The van der Waals surface area contributed by atoms with E-state index in [1.54, 1.807) is 19.9 Å². The normalized spacial score (nSPS) is 13.2. The summed E-state index contributed by atoms with van der Waals surface area (Å²) in [5.41, 5.74) is 0.852. The van der Waals surface area contributed by atoms with Gasteiger partial charge in [0.1, 0.15) is 11.3 Å². The van der Waals surface area contributed by atoms with Crippen LogP contribution in [0, 0.1) is 17.0 Å². The van der Waals surface area contributed by atoms with Crippen molar-refractivity contribution in [2.45, 2.75) is 24.8 Å². The Labute approximate surface area is 151 Å². The van der Waals surface area contributed by atoms with E-state index >= 15 is 0 Å². The van der Waals surface area contributed by atoms with Crippen molar-refractivity contribution in [3.8, 4) is 0 Å². The number of non-ortho nitro benzene ring substituents is 1. The highest BCUT2D eigenvalue weighted by Gasteiger charge is 2.30. The third-order valence-electron chi connectivity index (χ3n) is 4.44. The highest BCUT2D eigenvalue weighted by Crippen LogP contribution is 2.32. The number of nitrogens with zero attached hydrogens (tertiary/aromatic N) is 2. The number of fused-ring (bicyclic) bond motifs is 1. The smallest absolute Gasteiger partial charge is 0.270 e. The summed E-state index contributed by atoms with van der Waals surface area (Å²) in [6.07, 6.45) is 0. The molecule has 0 N–H and O–H groups in total. The molecule has 0 aliphatic rings. The van der Waals surface area contributed by atoms with Gasteiger partial charge in [-0.2, -0.15) is 4.31 Å². The van der Waals surface area contributed by atoms with Crippen LogP contribution in [0.15, 0.2) is 57.8 Å². The summed E-state index contributed by atoms with van der Waals surface area (Å²) < 4.78 is 33.0. The van der Waals surface area contributed by atoms with Crippen molar-refractivity contribution in [2.75, 3.05) is 7.05 Å². The third kappa shape index (κ3) is 3.09. The zero-order valence-electron chi connectivity index (χ0n) is 14.5. The Balaban J connectivity index is 2.01. The number of rotatable bonds is 5. The first-order valence-electron chi connectivity index (χ1n) is 7.93. The van der Waals surface area contributed by atoms with Crippen LogP contribution in [-0.2, 0) is 10.0 Å². The highest BCUT2D eigenvalue weighted by atomic mass is 32.2. The van der Waals surface area contributed by atoms with Crippen molar-refractivity contribution in [3.63, 3.8) is 0 Å². The van der Waals surface area contributed by atoms with Gasteiger partial charge in [0.15, 0.2) is 0 Å². The van der Waals surface area contributed by atoms with E-state index in [1.807, 2.05) is 24.3 Å². The molecule has 8 heteroatoms. The topological polar surface area (TPSA) is 93.7 Å². The van der Waals surface area contributed by atoms with Gasteiger partial charge in [-0.15, -0.1) is 0 Å². The van der Waals surface area contributed by atoms with Crippen molar-refractivity contribution in [2.24, 2.45) is 0 Å². The second kappa shape index (κ2) is 6.54. The zero-order chi connectivity index (χ0) is 19.1. The lowest BCUT2D eigenvalue weighted by atomic mass is 10.2. The Morgan fingerprint density at radius 1 is 1.15 bits per heavy atom. The van der Waals surface area contributed by atoms with Gasteiger partial charge in [-0.25, -0.2) is 8.42 Å². The molecule has 0 saturated heterocycles. The third-order valence-corrected chi connectivity index (χ3v) is 6.51. The predicted molar refractivity (Wildman–Crippen MR) is 97.4 cm³/mol. The summed E-state index contributed by atoms with van der Waals surface area (Å²) in [5.74, 6) is 0.500. The molecule has 0 spiro atoms. The summed E-state index contributed by atoms with van der Waals surface area (Å²) in [6.45, 7) is 3.32. The van der Waals surface area contributed by atoms with Crippen molar-refractivity contribution in [1.82, 2.24) is 4.31 Å². The molecule has 1 unspecified atom stereocenters. The Hall–Kier alpha value is -2.71. The summed E-state index contributed by atoms with van der Waals surface area (Å²) in [7, 11) is -2.51. The quantitative estimate of drug-likeness (QED) is 0.496. The number of hydrogen-bond acceptors (Lipinski definition) is 5. The molecular formula is C18H18N2O5S. The molecule has 1 heterocycles. The van der Waals surface area contributed by atoms with Crippen LogP contribution < -0.4 is 0 Å². The van der Waals surface area contributed by atoms with Gasteiger partial charge in [0, 0.05) is 24.6 Å². The summed E-state index contributed by atoms with van der Waals surface area (Å²) in [4.78, 5) is 10.3. The zero-order valence-corrected chi connectivity index (χ0v) is 15.4. The van der Waals surface area contributed by atoms with Crippen LogP contribution in [0.2, 0.25) is 0 Å². The molecule has 7 nitrogen and oxygen atoms in total. The molecule has 136 valence electrons. The van der Waals surface area contributed by atoms with Crippen LogP contribution in [0.4, 0.5) is 5.69 Å². The van der Waals surface area contributed by atoms with Crippen molar-refractivity contribution in [3.05, 3.63) is 70.0 Å². The molecule has 3 aromatic rings. The van der Waals surface area contributed by atoms with Gasteiger partial charge in [-0.1, -0.05) is 24.3 Å². The minimum atomic E-state index is -3.94. The molecule has 0 bridgehead atoms. The van der Waals surface area contributed by atoms with Crippen LogP contribution in [0.5, 0.6) is 0 Å². The molecule has 1 atom stereocenters. The van der Waals surface area contributed by atoms with Gasteiger partial charge in [0.2, 0.25) is 10.0 Å². The molecule has 1 aromatic heterocycles. The van der Waals surface area contributed by atoms with Crippen LogP contribution >= 0.6 is 0 Å². The maximum absolute atomic E-state index is 13.0. The van der Waals surface area contributed by atoms with E-state index in [2.05, 4.69) is 0 Å². The minimum Gasteiger partial charge on any atom is -0.459 e. The van der Waals surface area contributed by atoms with E-state index < -0.39 is 21.0 Å². The lowest BCUT2D eigenvalue weighted by Crippen LogP contribution is -2.30. The predicted octanol–water partition coefficient (Wildman–Crippen LogP) is 4.03. The van der Waals surface area contributed by atoms with Gasteiger partial charge in [-0.05, 0) is 31.5 Å². The van der Waals surface area contributed by atoms with Gasteiger partial charge < -0.3 is 4.42 Å². The molecule has 0 radical (unpaired) electrons. The van der Waals surface area contributed by atoms with Crippen LogP contribution in [-0.4, -0.2) is 24.7 Å². The maximum atomic E-state index is 13.0. The average molecular weight is 374 g/mol. The Bertz CT molecular complexity index is 1050. The molecule has 2 aromatic carbocycles.